The lowest BCUT2D eigenvalue weighted by Gasteiger charge is -2.19. The Balaban J connectivity index is 2.28. The average Bonchev–Trinajstić information content (AvgIpc) is 2.49. The van der Waals surface area contributed by atoms with Crippen molar-refractivity contribution in [2.24, 2.45) is 0 Å². The summed E-state index contributed by atoms with van der Waals surface area (Å²) in [6, 6.07) is 6.06. The molecule has 0 fully saturated rings. The summed E-state index contributed by atoms with van der Waals surface area (Å²) < 4.78 is 0. The first-order valence-electron chi connectivity index (χ1n) is 7.03. The minimum atomic E-state index is -0.0236. The number of benzene rings is 1. The molecule has 2 aromatic rings. The largest absolute Gasteiger partial charge is 0.338 e. The Bertz CT molecular complexity index is 765. The monoisotopic (exact) mass is 281 g/mol. The van der Waals surface area contributed by atoms with Gasteiger partial charge in [-0.15, -0.1) is 0 Å². The predicted molar refractivity (Wildman–Crippen MR) is 85.6 cm³/mol. The van der Waals surface area contributed by atoms with Crippen LogP contribution in [0.1, 0.15) is 32.7 Å². The zero-order valence-electron chi connectivity index (χ0n) is 13.0. The van der Waals surface area contributed by atoms with Crippen LogP contribution in [0.3, 0.4) is 0 Å². The molecule has 0 radical (unpaired) electrons. The highest BCUT2D eigenvalue weighted by Crippen LogP contribution is 2.36. The van der Waals surface area contributed by atoms with E-state index >= 15 is 0 Å². The fourth-order valence-corrected chi connectivity index (χ4v) is 2.78. The molecule has 0 aliphatic carbocycles. The number of carbonyl (C=O) groups is 1. The number of fused-ring (bicyclic) bond motifs is 2. The van der Waals surface area contributed by atoms with Crippen molar-refractivity contribution in [3.05, 3.63) is 46.1 Å². The lowest BCUT2D eigenvalue weighted by atomic mass is 10.1. The van der Waals surface area contributed by atoms with Crippen molar-refractivity contribution in [2.75, 3.05) is 17.3 Å². The Hall–Kier alpha value is -2.36. The van der Waals surface area contributed by atoms with Crippen molar-refractivity contribution < 1.29 is 4.79 Å². The maximum absolute atomic E-state index is 12.8. The summed E-state index contributed by atoms with van der Waals surface area (Å²) in [5.41, 5.74) is 6.67. The van der Waals surface area contributed by atoms with Gasteiger partial charge in [-0.3, -0.25) is 4.79 Å². The Labute approximate surface area is 124 Å². The van der Waals surface area contributed by atoms with Gasteiger partial charge in [0.2, 0.25) is 0 Å². The van der Waals surface area contributed by atoms with Crippen molar-refractivity contribution in [3.63, 3.8) is 0 Å². The fraction of sp³-hybridized carbons (Fsp3) is 0.294. The summed E-state index contributed by atoms with van der Waals surface area (Å²) in [6.07, 6.45) is 0. The van der Waals surface area contributed by atoms with Gasteiger partial charge in [0.15, 0.2) is 0 Å². The van der Waals surface area contributed by atoms with Crippen LogP contribution >= 0.6 is 0 Å². The zero-order chi connectivity index (χ0) is 15.3. The van der Waals surface area contributed by atoms with E-state index in [1.54, 1.807) is 4.90 Å². The van der Waals surface area contributed by atoms with Crippen LogP contribution in [0.25, 0.3) is 0 Å². The van der Waals surface area contributed by atoms with Gasteiger partial charge in [-0.05, 0) is 62.6 Å². The maximum atomic E-state index is 12.8. The second kappa shape index (κ2) is 4.58. The van der Waals surface area contributed by atoms with E-state index in [1.165, 1.54) is 11.1 Å². The summed E-state index contributed by atoms with van der Waals surface area (Å²) in [4.78, 5) is 19.0. The summed E-state index contributed by atoms with van der Waals surface area (Å²) in [6.45, 7) is 8.02. The molecule has 21 heavy (non-hydrogen) atoms. The topological polar surface area (TPSA) is 45.2 Å². The number of pyridine rings is 1. The molecule has 3 rings (SSSR count). The number of nitrogens with one attached hydrogen (secondary N) is 1. The van der Waals surface area contributed by atoms with Crippen molar-refractivity contribution in [1.82, 2.24) is 4.98 Å². The second-order valence-electron chi connectivity index (χ2n) is 5.75. The average molecular weight is 281 g/mol. The Morgan fingerprint density at radius 3 is 2.38 bits per heavy atom. The van der Waals surface area contributed by atoms with Crippen LogP contribution in [-0.4, -0.2) is 17.9 Å². The summed E-state index contributed by atoms with van der Waals surface area (Å²) >= 11 is 0. The third kappa shape index (κ3) is 2.07. The van der Waals surface area contributed by atoms with Crippen LogP contribution < -0.4 is 10.2 Å². The molecule has 0 bridgehead atoms. The van der Waals surface area contributed by atoms with Crippen LogP contribution in [0.5, 0.6) is 0 Å². The summed E-state index contributed by atoms with van der Waals surface area (Å²) in [5.74, 6) is 0.621. The molecule has 1 aromatic heterocycles. The number of rotatable bonds is 0. The molecule has 0 unspecified atom stereocenters. The molecule has 2 heterocycles. The number of hydrogen-bond acceptors (Lipinski definition) is 3. The van der Waals surface area contributed by atoms with E-state index in [4.69, 9.17) is 0 Å². The molecule has 1 aromatic carbocycles. The fourth-order valence-electron chi connectivity index (χ4n) is 2.78. The molecule has 0 saturated heterocycles. The molecule has 1 amide bonds. The van der Waals surface area contributed by atoms with Crippen LogP contribution in [-0.2, 0) is 0 Å². The van der Waals surface area contributed by atoms with Gasteiger partial charge in [-0.2, -0.15) is 0 Å². The number of anilines is 3. The third-order valence-corrected chi connectivity index (χ3v) is 4.09. The van der Waals surface area contributed by atoms with E-state index in [1.807, 2.05) is 33.0 Å². The van der Waals surface area contributed by atoms with Crippen molar-refractivity contribution in [3.8, 4) is 0 Å². The van der Waals surface area contributed by atoms with Crippen molar-refractivity contribution in [1.29, 1.82) is 0 Å². The summed E-state index contributed by atoms with van der Waals surface area (Å²) in [5, 5.41) is 3.34. The van der Waals surface area contributed by atoms with Crippen molar-refractivity contribution in [2.45, 2.75) is 27.7 Å². The molecular formula is C17H19N3O. The van der Waals surface area contributed by atoms with Crippen LogP contribution in [0.15, 0.2) is 18.2 Å². The van der Waals surface area contributed by atoms with Crippen molar-refractivity contribution >= 4 is 23.1 Å². The lowest BCUT2D eigenvalue weighted by Crippen LogP contribution is -2.26. The number of amides is 1. The maximum Gasteiger partial charge on any atom is 0.262 e. The van der Waals surface area contributed by atoms with E-state index in [2.05, 4.69) is 30.2 Å². The number of hydrogen-bond donors (Lipinski definition) is 1. The molecule has 1 aliphatic heterocycles. The number of aromatic nitrogens is 1. The molecule has 1 N–H and O–H groups in total. The first kappa shape index (κ1) is 13.6. The second-order valence-corrected chi connectivity index (χ2v) is 5.75. The van der Waals surface area contributed by atoms with E-state index in [0.717, 1.165) is 22.6 Å². The quantitative estimate of drug-likeness (QED) is 0.801. The van der Waals surface area contributed by atoms with Gasteiger partial charge in [0.05, 0.1) is 16.9 Å². The molecule has 0 atom stereocenters. The molecular weight excluding hydrogens is 262 g/mol. The van der Waals surface area contributed by atoms with Gasteiger partial charge < -0.3 is 10.2 Å². The molecule has 4 nitrogen and oxygen atoms in total. The van der Waals surface area contributed by atoms with E-state index in [-0.39, 0.29) is 5.91 Å². The molecule has 1 aliphatic rings. The lowest BCUT2D eigenvalue weighted by molar-refractivity contribution is 0.0993. The summed E-state index contributed by atoms with van der Waals surface area (Å²) in [7, 11) is 1.81. The normalized spacial score (nSPS) is 13.4. The van der Waals surface area contributed by atoms with Gasteiger partial charge >= 0.3 is 0 Å². The highest BCUT2D eigenvalue weighted by molar-refractivity contribution is 6.13. The molecule has 108 valence electrons. The predicted octanol–water partition coefficient (Wildman–Crippen LogP) is 3.65. The van der Waals surface area contributed by atoms with Crippen LogP contribution in [0, 0.1) is 27.7 Å². The smallest absolute Gasteiger partial charge is 0.262 e. The molecule has 0 spiro atoms. The number of carbonyl (C=O) groups excluding carboxylic acids is 1. The number of aryl methyl sites for hydroxylation is 4. The van der Waals surface area contributed by atoms with Crippen LogP contribution in [0.4, 0.5) is 17.2 Å². The van der Waals surface area contributed by atoms with Gasteiger partial charge in [0, 0.05) is 12.7 Å². The minimum Gasteiger partial charge on any atom is -0.338 e. The first-order valence-corrected chi connectivity index (χ1v) is 7.03. The molecule has 0 saturated carbocycles. The van der Waals surface area contributed by atoms with Gasteiger partial charge in [0.25, 0.3) is 5.91 Å². The highest BCUT2D eigenvalue weighted by atomic mass is 16.2. The van der Waals surface area contributed by atoms with E-state index < -0.39 is 0 Å². The Kier molecular flexibility index (Phi) is 2.97. The SMILES string of the molecule is Cc1cc(C)c2c(n1)Nc1cc(C)c(C)cc1N(C)C2=O. The molecule has 4 heteroatoms. The van der Waals surface area contributed by atoms with E-state index in [0.29, 0.717) is 11.4 Å². The first-order chi connectivity index (χ1) is 9.88. The van der Waals surface area contributed by atoms with Gasteiger partial charge in [-0.25, -0.2) is 4.98 Å². The van der Waals surface area contributed by atoms with E-state index in [9.17, 15) is 4.79 Å². The zero-order valence-corrected chi connectivity index (χ0v) is 13.0. The minimum absolute atomic E-state index is 0.0236. The number of nitrogens with zero attached hydrogens (tertiary/aromatic N) is 2. The van der Waals surface area contributed by atoms with Gasteiger partial charge in [0.1, 0.15) is 5.82 Å². The Morgan fingerprint density at radius 2 is 1.67 bits per heavy atom. The highest BCUT2D eigenvalue weighted by Gasteiger charge is 2.27. The van der Waals surface area contributed by atoms with Gasteiger partial charge in [-0.1, -0.05) is 0 Å². The van der Waals surface area contributed by atoms with Crippen LogP contribution in [0.2, 0.25) is 0 Å². The third-order valence-electron chi connectivity index (χ3n) is 4.09. The Morgan fingerprint density at radius 1 is 1.00 bits per heavy atom. The standard InChI is InChI=1S/C17H19N3O/c1-9-7-13-14(8-10(9)2)20(5)17(21)15-11(3)6-12(4)18-16(15)19-13/h6-8H,1-5H3,(H,18,19).